The molecule has 0 saturated carbocycles. The Labute approximate surface area is 143 Å². The van der Waals surface area contributed by atoms with Crippen molar-refractivity contribution in [2.75, 3.05) is 13.2 Å². The van der Waals surface area contributed by atoms with Crippen LogP contribution in [0, 0.1) is 11.3 Å². The molecule has 1 atom stereocenters. The molecule has 1 aromatic carbocycles. The molecular formula is C17H15N3O3S. The molecule has 1 aliphatic heterocycles. The highest BCUT2D eigenvalue weighted by Gasteiger charge is 2.48. The lowest BCUT2D eigenvalue weighted by Gasteiger charge is -2.20. The topological polar surface area (TPSA) is 82.4 Å². The molecule has 3 amide bonds. The predicted molar refractivity (Wildman–Crippen MR) is 88.6 cm³/mol. The molecule has 6 nitrogen and oxygen atoms in total. The zero-order valence-corrected chi connectivity index (χ0v) is 13.8. The van der Waals surface area contributed by atoms with Crippen LogP contribution in [0.4, 0.5) is 4.79 Å². The monoisotopic (exact) mass is 341 g/mol. The molecule has 1 fully saturated rings. The van der Waals surface area contributed by atoms with E-state index in [0.29, 0.717) is 11.3 Å². The number of rotatable bonds is 5. The number of hydrogen-bond donors (Lipinski definition) is 1. The minimum atomic E-state index is -1.03. The molecule has 2 heterocycles. The second kappa shape index (κ2) is 6.34. The lowest BCUT2D eigenvalue weighted by atomic mass is 9.95. The smallest absolute Gasteiger partial charge is 0.325 e. The first-order valence-corrected chi connectivity index (χ1v) is 8.28. The summed E-state index contributed by atoms with van der Waals surface area (Å²) in [6, 6.07) is 10.2. The number of nitriles is 1. The number of urea groups is 1. The van der Waals surface area contributed by atoms with E-state index in [-0.39, 0.29) is 19.1 Å². The zero-order chi connectivity index (χ0) is 17.2. The van der Waals surface area contributed by atoms with Crippen molar-refractivity contribution in [2.24, 2.45) is 0 Å². The van der Waals surface area contributed by atoms with Gasteiger partial charge in [-0.2, -0.15) is 16.6 Å². The molecule has 0 radical (unpaired) electrons. The van der Waals surface area contributed by atoms with Crippen molar-refractivity contribution in [3.05, 3.63) is 52.2 Å². The normalized spacial score (nSPS) is 19.9. The summed E-state index contributed by atoms with van der Waals surface area (Å²) in [7, 11) is 0. The van der Waals surface area contributed by atoms with Crippen LogP contribution in [-0.4, -0.2) is 30.0 Å². The molecular weight excluding hydrogens is 326 g/mol. The molecule has 2 aromatic rings. The number of thiophene rings is 1. The number of nitrogens with zero attached hydrogens (tertiary/aromatic N) is 2. The fraction of sp³-hybridized carbons (Fsp3) is 0.235. The van der Waals surface area contributed by atoms with Gasteiger partial charge in [-0.05, 0) is 47.5 Å². The van der Waals surface area contributed by atoms with Crippen LogP contribution in [0.5, 0.6) is 5.75 Å². The Bertz CT molecular complexity index is 813. The van der Waals surface area contributed by atoms with Crippen molar-refractivity contribution in [3.8, 4) is 11.8 Å². The number of carbonyl (C=O) groups excluding carboxylic acids is 2. The van der Waals surface area contributed by atoms with E-state index in [4.69, 9.17) is 10.00 Å². The van der Waals surface area contributed by atoms with E-state index in [1.165, 1.54) is 11.3 Å². The highest BCUT2D eigenvalue weighted by molar-refractivity contribution is 7.08. The van der Waals surface area contributed by atoms with Gasteiger partial charge in [-0.15, -0.1) is 0 Å². The van der Waals surface area contributed by atoms with Gasteiger partial charge in [0, 0.05) is 0 Å². The number of imide groups is 1. The van der Waals surface area contributed by atoms with E-state index in [2.05, 4.69) is 5.32 Å². The Morgan fingerprint density at radius 2 is 2.21 bits per heavy atom. The number of carbonyl (C=O) groups is 2. The first-order valence-electron chi connectivity index (χ1n) is 7.34. The Balaban J connectivity index is 1.64. The maximum Gasteiger partial charge on any atom is 0.325 e. The van der Waals surface area contributed by atoms with E-state index in [1.807, 2.05) is 22.9 Å². The Kier molecular flexibility index (Phi) is 4.23. The number of nitrogens with one attached hydrogen (secondary N) is 1. The lowest BCUT2D eigenvalue weighted by Crippen LogP contribution is -2.41. The molecule has 0 unspecified atom stereocenters. The second-order valence-electron chi connectivity index (χ2n) is 5.51. The third kappa shape index (κ3) is 2.84. The molecule has 1 saturated heterocycles. The largest absolute Gasteiger partial charge is 0.492 e. The van der Waals surface area contributed by atoms with Gasteiger partial charge < -0.3 is 10.1 Å². The summed E-state index contributed by atoms with van der Waals surface area (Å²) in [4.78, 5) is 25.9. The van der Waals surface area contributed by atoms with E-state index >= 15 is 0 Å². The average Bonchev–Trinajstić information content (AvgIpc) is 3.19. The second-order valence-corrected chi connectivity index (χ2v) is 6.29. The highest BCUT2D eigenvalue weighted by Crippen LogP contribution is 2.30. The molecule has 0 spiro atoms. The summed E-state index contributed by atoms with van der Waals surface area (Å²) < 4.78 is 5.54. The SMILES string of the molecule is C[C@@]1(c2ccsc2)NC(=O)N(CCOc2cccc(C#N)c2)C1=O. The third-order valence-electron chi connectivity index (χ3n) is 3.92. The summed E-state index contributed by atoms with van der Waals surface area (Å²) >= 11 is 1.47. The summed E-state index contributed by atoms with van der Waals surface area (Å²) in [5, 5.41) is 15.3. The molecule has 1 N–H and O–H groups in total. The summed E-state index contributed by atoms with van der Waals surface area (Å²) in [6.45, 7) is 2.00. The van der Waals surface area contributed by atoms with Crippen LogP contribution in [0.2, 0.25) is 0 Å². The molecule has 0 bridgehead atoms. The van der Waals surface area contributed by atoms with Crippen LogP contribution in [0.3, 0.4) is 0 Å². The first kappa shape index (κ1) is 16.0. The fourth-order valence-corrected chi connectivity index (χ4v) is 3.32. The average molecular weight is 341 g/mol. The van der Waals surface area contributed by atoms with Gasteiger partial charge in [-0.25, -0.2) is 4.79 Å². The van der Waals surface area contributed by atoms with Crippen LogP contribution in [0.15, 0.2) is 41.1 Å². The van der Waals surface area contributed by atoms with Crippen molar-refractivity contribution in [1.29, 1.82) is 5.26 Å². The molecule has 0 aliphatic carbocycles. The number of amides is 3. The van der Waals surface area contributed by atoms with Crippen molar-refractivity contribution >= 4 is 23.3 Å². The van der Waals surface area contributed by atoms with Gasteiger partial charge in [-0.1, -0.05) is 6.07 Å². The summed E-state index contributed by atoms with van der Waals surface area (Å²) in [5.74, 6) is 0.238. The van der Waals surface area contributed by atoms with Gasteiger partial charge >= 0.3 is 6.03 Å². The molecule has 7 heteroatoms. The maximum atomic E-state index is 12.6. The summed E-state index contributed by atoms with van der Waals surface area (Å²) in [5.41, 5.74) is 0.237. The zero-order valence-electron chi connectivity index (χ0n) is 13.0. The minimum Gasteiger partial charge on any atom is -0.492 e. The molecule has 122 valence electrons. The maximum absolute atomic E-state index is 12.6. The molecule has 3 rings (SSSR count). The number of hydrogen-bond acceptors (Lipinski definition) is 5. The van der Waals surface area contributed by atoms with E-state index in [9.17, 15) is 9.59 Å². The van der Waals surface area contributed by atoms with Crippen molar-refractivity contribution < 1.29 is 14.3 Å². The minimum absolute atomic E-state index is 0.140. The van der Waals surface area contributed by atoms with Crippen LogP contribution in [0.25, 0.3) is 0 Å². The Hall–Kier alpha value is -2.85. The van der Waals surface area contributed by atoms with Gasteiger partial charge in [0.15, 0.2) is 0 Å². The Morgan fingerprint density at radius 1 is 1.38 bits per heavy atom. The standard InChI is InChI=1S/C17H15N3O3S/c1-17(13-5-8-24-11-13)15(21)20(16(22)19-17)6-7-23-14-4-2-3-12(9-14)10-18/h2-5,8-9,11H,6-7H2,1H3,(H,19,22)/t17-/m0/s1. The Morgan fingerprint density at radius 3 is 2.92 bits per heavy atom. The van der Waals surface area contributed by atoms with Crippen molar-refractivity contribution in [3.63, 3.8) is 0 Å². The fourth-order valence-electron chi connectivity index (χ4n) is 2.55. The van der Waals surface area contributed by atoms with Gasteiger partial charge in [0.2, 0.25) is 0 Å². The summed E-state index contributed by atoms with van der Waals surface area (Å²) in [6.07, 6.45) is 0. The quantitative estimate of drug-likeness (QED) is 0.847. The molecule has 1 aliphatic rings. The van der Waals surface area contributed by atoms with Crippen molar-refractivity contribution in [1.82, 2.24) is 10.2 Å². The molecule has 1 aromatic heterocycles. The first-order chi connectivity index (χ1) is 11.5. The third-order valence-corrected chi connectivity index (χ3v) is 4.60. The number of ether oxygens (including phenoxy) is 1. The van der Waals surface area contributed by atoms with E-state index in [1.54, 1.807) is 31.2 Å². The highest BCUT2D eigenvalue weighted by atomic mass is 32.1. The van der Waals surface area contributed by atoms with E-state index in [0.717, 1.165) is 10.5 Å². The number of benzene rings is 1. The lowest BCUT2D eigenvalue weighted by molar-refractivity contribution is -0.131. The van der Waals surface area contributed by atoms with Crippen LogP contribution in [-0.2, 0) is 10.3 Å². The van der Waals surface area contributed by atoms with Crippen LogP contribution >= 0.6 is 11.3 Å². The predicted octanol–water partition coefficient (Wildman–Crippen LogP) is 2.47. The van der Waals surface area contributed by atoms with Gasteiger partial charge in [-0.3, -0.25) is 9.69 Å². The van der Waals surface area contributed by atoms with E-state index < -0.39 is 11.6 Å². The van der Waals surface area contributed by atoms with Gasteiger partial charge in [0.25, 0.3) is 5.91 Å². The van der Waals surface area contributed by atoms with Gasteiger partial charge in [0.1, 0.15) is 17.9 Å². The van der Waals surface area contributed by atoms with Crippen molar-refractivity contribution in [2.45, 2.75) is 12.5 Å². The van der Waals surface area contributed by atoms with Crippen LogP contribution in [0.1, 0.15) is 18.1 Å². The van der Waals surface area contributed by atoms with Crippen LogP contribution < -0.4 is 10.1 Å². The molecule has 24 heavy (non-hydrogen) atoms. The van der Waals surface area contributed by atoms with Gasteiger partial charge in [0.05, 0.1) is 18.2 Å².